The third kappa shape index (κ3) is 5.06. The van der Waals surface area contributed by atoms with Gasteiger partial charge >= 0.3 is 0 Å². The summed E-state index contributed by atoms with van der Waals surface area (Å²) in [5, 5.41) is 3.24. The van der Waals surface area contributed by atoms with E-state index in [0.29, 0.717) is 17.3 Å². The Kier molecular flexibility index (Phi) is 5.65. The van der Waals surface area contributed by atoms with Crippen molar-refractivity contribution in [3.05, 3.63) is 89.2 Å². The van der Waals surface area contributed by atoms with Crippen LogP contribution in [-0.2, 0) is 6.42 Å². The highest BCUT2D eigenvalue weighted by Gasteiger charge is 2.05. The van der Waals surface area contributed by atoms with E-state index in [2.05, 4.69) is 10.3 Å². The number of para-hydroxylation sites is 1. The summed E-state index contributed by atoms with van der Waals surface area (Å²) in [6, 6.07) is 20.7. The average Bonchev–Trinajstić information content (AvgIpc) is 2.64. The summed E-state index contributed by atoms with van der Waals surface area (Å²) in [4.78, 5) is 15.9. The van der Waals surface area contributed by atoms with Crippen LogP contribution >= 0.6 is 11.6 Å². The Balaban J connectivity index is 1.48. The molecule has 0 spiro atoms. The number of aromatic nitrogens is 1. The summed E-state index contributed by atoms with van der Waals surface area (Å²) in [7, 11) is 0. The number of pyridine rings is 1. The molecule has 1 heterocycles. The molecule has 25 heavy (non-hydrogen) atoms. The molecule has 4 nitrogen and oxygen atoms in total. The molecule has 0 unspecified atom stereocenters. The highest BCUT2D eigenvalue weighted by molar-refractivity contribution is 6.29. The van der Waals surface area contributed by atoms with Crippen LogP contribution in [0.25, 0.3) is 0 Å². The molecule has 0 fully saturated rings. The van der Waals surface area contributed by atoms with Gasteiger partial charge in [0.2, 0.25) is 0 Å². The molecule has 0 saturated heterocycles. The van der Waals surface area contributed by atoms with Gasteiger partial charge in [-0.05, 0) is 48.4 Å². The van der Waals surface area contributed by atoms with Gasteiger partial charge in [-0.15, -0.1) is 0 Å². The molecule has 3 rings (SSSR count). The zero-order valence-corrected chi connectivity index (χ0v) is 14.2. The summed E-state index contributed by atoms with van der Waals surface area (Å²) < 4.78 is 5.76. The summed E-state index contributed by atoms with van der Waals surface area (Å²) in [5.74, 6) is 1.43. The molecular weight excluding hydrogens is 336 g/mol. The van der Waals surface area contributed by atoms with Gasteiger partial charge in [0.25, 0.3) is 5.91 Å². The van der Waals surface area contributed by atoms with E-state index < -0.39 is 0 Å². The van der Waals surface area contributed by atoms with E-state index in [1.54, 1.807) is 12.1 Å². The third-order valence-electron chi connectivity index (χ3n) is 3.59. The van der Waals surface area contributed by atoms with E-state index in [-0.39, 0.29) is 5.91 Å². The number of ether oxygens (including phenoxy) is 1. The van der Waals surface area contributed by atoms with Crippen molar-refractivity contribution in [2.45, 2.75) is 6.42 Å². The van der Waals surface area contributed by atoms with E-state index in [0.717, 1.165) is 23.5 Å². The minimum atomic E-state index is -0.159. The number of benzene rings is 2. The fraction of sp³-hybridized carbons (Fsp3) is 0.100. The number of hydrogen-bond donors (Lipinski definition) is 1. The van der Waals surface area contributed by atoms with Crippen LogP contribution in [0.15, 0.2) is 72.9 Å². The van der Waals surface area contributed by atoms with E-state index >= 15 is 0 Å². The Labute approximate surface area is 151 Å². The average molecular weight is 353 g/mol. The van der Waals surface area contributed by atoms with Gasteiger partial charge in [0, 0.05) is 12.7 Å². The minimum absolute atomic E-state index is 0.159. The number of halogens is 1. The Morgan fingerprint density at radius 1 is 0.960 bits per heavy atom. The molecule has 0 aliphatic rings. The molecular formula is C20H17ClN2O2. The topological polar surface area (TPSA) is 51.2 Å². The van der Waals surface area contributed by atoms with Gasteiger partial charge in [-0.3, -0.25) is 4.79 Å². The highest BCUT2D eigenvalue weighted by Crippen LogP contribution is 2.21. The summed E-state index contributed by atoms with van der Waals surface area (Å²) in [6.07, 6.45) is 2.20. The van der Waals surface area contributed by atoms with Crippen LogP contribution in [0.1, 0.15) is 15.9 Å². The number of nitrogens with one attached hydrogen (secondary N) is 1. The predicted octanol–water partition coefficient (Wildman–Crippen LogP) is 4.50. The van der Waals surface area contributed by atoms with E-state index in [1.165, 1.54) is 6.20 Å². The molecule has 1 amide bonds. The van der Waals surface area contributed by atoms with Crippen LogP contribution in [0.5, 0.6) is 11.5 Å². The molecule has 0 aliphatic carbocycles. The van der Waals surface area contributed by atoms with Crippen molar-refractivity contribution in [2.24, 2.45) is 0 Å². The molecule has 0 bridgehead atoms. The first kappa shape index (κ1) is 17.0. The minimum Gasteiger partial charge on any atom is -0.457 e. The summed E-state index contributed by atoms with van der Waals surface area (Å²) in [6.45, 7) is 0.542. The predicted molar refractivity (Wildman–Crippen MR) is 98.2 cm³/mol. The van der Waals surface area contributed by atoms with Gasteiger partial charge in [-0.1, -0.05) is 41.9 Å². The first-order chi connectivity index (χ1) is 12.2. The number of nitrogens with zero attached hydrogens (tertiary/aromatic N) is 1. The SMILES string of the molecule is O=C(NCCc1ccc(Oc2ccccc2)cc1)c1ccc(Cl)nc1. The number of carbonyl (C=O) groups is 1. The zero-order valence-electron chi connectivity index (χ0n) is 13.5. The van der Waals surface area contributed by atoms with E-state index in [4.69, 9.17) is 16.3 Å². The number of amides is 1. The van der Waals surface area contributed by atoms with Crippen LogP contribution in [0.3, 0.4) is 0 Å². The monoisotopic (exact) mass is 352 g/mol. The van der Waals surface area contributed by atoms with Crippen molar-refractivity contribution >= 4 is 17.5 Å². The van der Waals surface area contributed by atoms with Crippen LogP contribution in [0, 0.1) is 0 Å². The molecule has 3 aromatic rings. The third-order valence-corrected chi connectivity index (χ3v) is 3.81. The van der Waals surface area contributed by atoms with Crippen LogP contribution in [0.2, 0.25) is 5.15 Å². The number of hydrogen-bond acceptors (Lipinski definition) is 3. The molecule has 0 radical (unpaired) electrons. The second-order valence-corrected chi connectivity index (χ2v) is 5.82. The normalized spacial score (nSPS) is 10.3. The van der Waals surface area contributed by atoms with E-state index in [9.17, 15) is 4.79 Å². The van der Waals surface area contributed by atoms with Crippen LogP contribution in [0.4, 0.5) is 0 Å². The Bertz CT molecular complexity index is 819. The molecule has 5 heteroatoms. The molecule has 0 aliphatic heterocycles. The smallest absolute Gasteiger partial charge is 0.252 e. The second-order valence-electron chi connectivity index (χ2n) is 5.43. The van der Waals surface area contributed by atoms with Crippen molar-refractivity contribution in [3.8, 4) is 11.5 Å². The number of carbonyl (C=O) groups excluding carboxylic acids is 1. The summed E-state index contributed by atoms with van der Waals surface area (Å²) in [5.41, 5.74) is 1.62. The highest BCUT2D eigenvalue weighted by atomic mass is 35.5. The lowest BCUT2D eigenvalue weighted by atomic mass is 10.1. The van der Waals surface area contributed by atoms with Gasteiger partial charge in [-0.2, -0.15) is 0 Å². The summed E-state index contributed by atoms with van der Waals surface area (Å²) >= 11 is 5.71. The molecule has 1 N–H and O–H groups in total. The van der Waals surface area contributed by atoms with Crippen molar-refractivity contribution in [3.63, 3.8) is 0 Å². The van der Waals surface area contributed by atoms with Crippen LogP contribution < -0.4 is 10.1 Å². The molecule has 2 aromatic carbocycles. The van der Waals surface area contributed by atoms with Crippen molar-refractivity contribution in [2.75, 3.05) is 6.54 Å². The first-order valence-electron chi connectivity index (χ1n) is 7.92. The van der Waals surface area contributed by atoms with Crippen molar-refractivity contribution < 1.29 is 9.53 Å². The van der Waals surface area contributed by atoms with E-state index in [1.807, 2.05) is 54.6 Å². The van der Waals surface area contributed by atoms with Gasteiger partial charge in [0.1, 0.15) is 16.7 Å². The maximum Gasteiger partial charge on any atom is 0.252 e. The van der Waals surface area contributed by atoms with Gasteiger partial charge in [0.15, 0.2) is 0 Å². The Morgan fingerprint density at radius 3 is 2.36 bits per heavy atom. The Morgan fingerprint density at radius 2 is 1.68 bits per heavy atom. The van der Waals surface area contributed by atoms with Crippen molar-refractivity contribution in [1.82, 2.24) is 10.3 Å². The lowest BCUT2D eigenvalue weighted by Gasteiger charge is -2.08. The molecule has 0 atom stereocenters. The largest absolute Gasteiger partial charge is 0.457 e. The zero-order chi connectivity index (χ0) is 17.5. The maximum atomic E-state index is 12.0. The maximum absolute atomic E-state index is 12.0. The van der Waals surface area contributed by atoms with Crippen LogP contribution in [-0.4, -0.2) is 17.4 Å². The molecule has 1 aromatic heterocycles. The molecule has 126 valence electrons. The lowest BCUT2D eigenvalue weighted by molar-refractivity contribution is 0.0954. The Hall–Kier alpha value is -2.85. The standard InChI is InChI=1S/C20H17ClN2O2/c21-19-11-8-16(14-23-19)20(24)22-13-12-15-6-9-18(10-7-15)25-17-4-2-1-3-5-17/h1-11,14H,12-13H2,(H,22,24). The fourth-order valence-corrected chi connectivity index (χ4v) is 2.39. The fourth-order valence-electron chi connectivity index (χ4n) is 2.28. The quantitative estimate of drug-likeness (QED) is 0.664. The molecule has 0 saturated carbocycles. The van der Waals surface area contributed by atoms with Crippen molar-refractivity contribution in [1.29, 1.82) is 0 Å². The van der Waals surface area contributed by atoms with Gasteiger partial charge in [0.05, 0.1) is 5.56 Å². The number of rotatable bonds is 6. The van der Waals surface area contributed by atoms with Gasteiger partial charge in [-0.25, -0.2) is 4.98 Å². The second kappa shape index (κ2) is 8.31. The first-order valence-corrected chi connectivity index (χ1v) is 8.30. The lowest BCUT2D eigenvalue weighted by Crippen LogP contribution is -2.25. The van der Waals surface area contributed by atoms with Gasteiger partial charge < -0.3 is 10.1 Å².